The summed E-state index contributed by atoms with van der Waals surface area (Å²) in [4.78, 5) is 0. The molecule has 0 amide bonds. The van der Waals surface area contributed by atoms with Crippen LogP contribution in [0.25, 0.3) is 0 Å². The van der Waals surface area contributed by atoms with Gasteiger partial charge in [0.1, 0.15) is 0 Å². The molecule has 0 aromatic heterocycles. The van der Waals surface area contributed by atoms with Gasteiger partial charge in [0.2, 0.25) is 0 Å². The minimum atomic E-state index is -4.43. The van der Waals surface area contributed by atoms with Crippen molar-refractivity contribution in [2.24, 2.45) is 0 Å². The van der Waals surface area contributed by atoms with Crippen molar-refractivity contribution in [1.82, 2.24) is 0 Å². The maximum Gasteiger partial charge on any atom is 0.305 e. The summed E-state index contributed by atoms with van der Waals surface area (Å²) in [7, 11) is -2.96. The summed E-state index contributed by atoms with van der Waals surface area (Å²) in [6.07, 6.45) is 0.155. The van der Waals surface area contributed by atoms with Gasteiger partial charge in [-0.05, 0) is 27.2 Å². The number of hydrogen-bond donors (Lipinski definition) is 0. The first-order chi connectivity index (χ1) is 5.19. The third kappa shape index (κ3) is 4.01. The Hall–Kier alpha value is -0.160. The van der Waals surface area contributed by atoms with Crippen LogP contribution in [0.5, 0.6) is 0 Å². The highest BCUT2D eigenvalue weighted by Crippen LogP contribution is 2.20. The standard InChI is InChI=1S/C7H15FO3S/c1-6(12(8,9)10)5-7(2,3)11-4/h6H,5H2,1-4H3. The van der Waals surface area contributed by atoms with Gasteiger partial charge in [0.15, 0.2) is 0 Å². The molecule has 1 atom stereocenters. The summed E-state index contributed by atoms with van der Waals surface area (Å²) in [5.74, 6) is 0. The highest BCUT2D eigenvalue weighted by atomic mass is 32.3. The van der Waals surface area contributed by atoms with Crippen LogP contribution >= 0.6 is 0 Å². The molecule has 0 aliphatic carbocycles. The second kappa shape index (κ2) is 3.70. The maximum absolute atomic E-state index is 12.4. The van der Waals surface area contributed by atoms with Crippen LogP contribution in [0.1, 0.15) is 27.2 Å². The first-order valence-corrected chi connectivity index (χ1v) is 5.12. The summed E-state index contributed by atoms with van der Waals surface area (Å²) < 4.78 is 38.1. The van der Waals surface area contributed by atoms with Crippen LogP contribution < -0.4 is 0 Å². The van der Waals surface area contributed by atoms with E-state index in [0.29, 0.717) is 0 Å². The van der Waals surface area contributed by atoms with Crippen LogP contribution in [-0.4, -0.2) is 26.4 Å². The lowest BCUT2D eigenvalue weighted by atomic mass is 10.0. The van der Waals surface area contributed by atoms with Crippen LogP contribution in [0.4, 0.5) is 3.89 Å². The van der Waals surface area contributed by atoms with E-state index in [4.69, 9.17) is 4.74 Å². The van der Waals surface area contributed by atoms with Crippen molar-refractivity contribution in [2.45, 2.75) is 38.0 Å². The van der Waals surface area contributed by atoms with Crippen molar-refractivity contribution < 1.29 is 17.0 Å². The van der Waals surface area contributed by atoms with Crippen molar-refractivity contribution in [3.05, 3.63) is 0 Å². The van der Waals surface area contributed by atoms with Gasteiger partial charge >= 0.3 is 10.2 Å². The average Bonchev–Trinajstić information content (AvgIpc) is 1.85. The van der Waals surface area contributed by atoms with Crippen LogP contribution in [0.3, 0.4) is 0 Å². The summed E-state index contributed by atoms with van der Waals surface area (Å²) in [6, 6.07) is 0. The lowest BCUT2D eigenvalue weighted by molar-refractivity contribution is 0.0154. The third-order valence-corrected chi connectivity index (χ3v) is 2.94. The summed E-state index contributed by atoms with van der Waals surface area (Å²) in [6.45, 7) is 4.76. The van der Waals surface area contributed by atoms with E-state index in [9.17, 15) is 12.3 Å². The molecule has 0 saturated carbocycles. The Morgan fingerprint density at radius 2 is 1.92 bits per heavy atom. The van der Waals surface area contributed by atoms with Gasteiger partial charge in [0, 0.05) is 7.11 Å². The Balaban J connectivity index is 4.29. The molecular formula is C7H15FO3S. The molecule has 0 rings (SSSR count). The number of rotatable bonds is 4. The van der Waals surface area contributed by atoms with Gasteiger partial charge in [0.05, 0.1) is 10.9 Å². The van der Waals surface area contributed by atoms with Crippen molar-refractivity contribution in [2.75, 3.05) is 7.11 Å². The zero-order valence-electron chi connectivity index (χ0n) is 7.80. The van der Waals surface area contributed by atoms with Gasteiger partial charge in [-0.2, -0.15) is 8.42 Å². The van der Waals surface area contributed by atoms with Crippen molar-refractivity contribution in [3.63, 3.8) is 0 Å². The molecule has 0 aliphatic heterocycles. The van der Waals surface area contributed by atoms with Crippen LogP contribution in [0.2, 0.25) is 0 Å². The van der Waals surface area contributed by atoms with Crippen LogP contribution in [0.15, 0.2) is 0 Å². The molecule has 0 bridgehead atoms. The van der Waals surface area contributed by atoms with Crippen molar-refractivity contribution in [3.8, 4) is 0 Å². The van der Waals surface area contributed by atoms with E-state index in [0.717, 1.165) is 0 Å². The molecule has 74 valence electrons. The number of methoxy groups -OCH3 is 1. The van der Waals surface area contributed by atoms with Gasteiger partial charge in [-0.1, -0.05) is 0 Å². The van der Waals surface area contributed by atoms with Crippen LogP contribution in [0, 0.1) is 0 Å². The molecular weight excluding hydrogens is 183 g/mol. The Kier molecular flexibility index (Phi) is 3.65. The second-order valence-electron chi connectivity index (χ2n) is 3.45. The third-order valence-electron chi connectivity index (χ3n) is 1.81. The Bertz CT molecular complexity index is 233. The monoisotopic (exact) mass is 198 g/mol. The van der Waals surface area contributed by atoms with Crippen LogP contribution in [-0.2, 0) is 15.0 Å². The molecule has 0 aliphatic rings. The topological polar surface area (TPSA) is 43.4 Å². The maximum atomic E-state index is 12.4. The Morgan fingerprint density at radius 1 is 1.50 bits per heavy atom. The molecule has 0 aromatic rings. The SMILES string of the molecule is COC(C)(C)CC(C)S(=O)(=O)F. The molecule has 12 heavy (non-hydrogen) atoms. The van der Waals surface area contributed by atoms with Gasteiger partial charge in [-0.15, -0.1) is 3.89 Å². The van der Waals surface area contributed by atoms with E-state index in [1.165, 1.54) is 14.0 Å². The largest absolute Gasteiger partial charge is 0.379 e. The molecule has 0 saturated heterocycles. The zero-order valence-corrected chi connectivity index (χ0v) is 8.61. The first-order valence-electron chi connectivity index (χ1n) is 3.67. The van der Waals surface area contributed by atoms with Crippen molar-refractivity contribution >= 4 is 10.2 Å². The number of hydrogen-bond acceptors (Lipinski definition) is 3. The lowest BCUT2D eigenvalue weighted by Gasteiger charge is -2.24. The number of ether oxygens (including phenoxy) is 1. The molecule has 5 heteroatoms. The quantitative estimate of drug-likeness (QED) is 0.643. The van der Waals surface area contributed by atoms with Gasteiger partial charge in [-0.25, -0.2) is 0 Å². The molecule has 0 heterocycles. The highest BCUT2D eigenvalue weighted by Gasteiger charge is 2.28. The fraction of sp³-hybridized carbons (Fsp3) is 1.00. The molecule has 0 fully saturated rings. The molecule has 3 nitrogen and oxygen atoms in total. The van der Waals surface area contributed by atoms with E-state index >= 15 is 0 Å². The molecule has 1 unspecified atom stereocenters. The zero-order chi connectivity index (χ0) is 9.99. The summed E-state index contributed by atoms with van der Waals surface area (Å²) in [5, 5.41) is -1.01. The van der Waals surface area contributed by atoms with E-state index < -0.39 is 21.1 Å². The Labute approximate surface area is 73.1 Å². The normalized spacial score (nSPS) is 16.1. The van der Waals surface area contributed by atoms with Gasteiger partial charge < -0.3 is 4.74 Å². The van der Waals surface area contributed by atoms with Crippen molar-refractivity contribution in [1.29, 1.82) is 0 Å². The second-order valence-corrected chi connectivity index (χ2v) is 5.21. The fourth-order valence-corrected chi connectivity index (χ4v) is 1.48. The van der Waals surface area contributed by atoms with E-state index in [-0.39, 0.29) is 6.42 Å². The summed E-state index contributed by atoms with van der Waals surface area (Å²) in [5.41, 5.74) is -0.599. The predicted molar refractivity (Wildman–Crippen MR) is 45.2 cm³/mol. The van der Waals surface area contributed by atoms with E-state index in [1.54, 1.807) is 13.8 Å². The van der Waals surface area contributed by atoms with Gasteiger partial charge in [0.25, 0.3) is 0 Å². The minimum absolute atomic E-state index is 0.155. The summed E-state index contributed by atoms with van der Waals surface area (Å²) >= 11 is 0. The molecule has 0 N–H and O–H groups in total. The Morgan fingerprint density at radius 3 is 2.17 bits per heavy atom. The highest BCUT2D eigenvalue weighted by molar-refractivity contribution is 7.86. The van der Waals surface area contributed by atoms with E-state index in [2.05, 4.69) is 0 Å². The lowest BCUT2D eigenvalue weighted by Crippen LogP contribution is -2.30. The first kappa shape index (κ1) is 11.8. The molecule has 0 spiro atoms. The molecule has 0 aromatic carbocycles. The molecule has 0 radical (unpaired) electrons. The van der Waals surface area contributed by atoms with E-state index in [1.807, 2.05) is 0 Å². The van der Waals surface area contributed by atoms with Gasteiger partial charge in [-0.3, -0.25) is 0 Å². The predicted octanol–water partition coefficient (Wildman–Crippen LogP) is 1.49. The minimum Gasteiger partial charge on any atom is -0.379 e. The smallest absolute Gasteiger partial charge is 0.305 e. The average molecular weight is 198 g/mol. The fourth-order valence-electron chi connectivity index (χ4n) is 0.875. The number of halogens is 1.